The van der Waals surface area contributed by atoms with Crippen molar-refractivity contribution in [3.63, 3.8) is 0 Å². The summed E-state index contributed by atoms with van der Waals surface area (Å²) in [6.45, 7) is 8.40. The number of carbonyl (C=O) groups excluding carboxylic acids is 1. The maximum Gasteiger partial charge on any atom is 0.255 e. The summed E-state index contributed by atoms with van der Waals surface area (Å²) in [5.41, 5.74) is 1.30. The SMILES string of the molecule is CCOc1ccc2ccccc2c1C(=O)NCCn1ncc2c(NCC(C)C)nc(SC)nc21. The van der Waals surface area contributed by atoms with E-state index in [0.717, 1.165) is 34.2 Å². The van der Waals surface area contributed by atoms with Gasteiger partial charge in [0.15, 0.2) is 10.8 Å². The summed E-state index contributed by atoms with van der Waals surface area (Å²) in [5, 5.41) is 14.4. The number of hydrogen-bond donors (Lipinski definition) is 2. The Balaban J connectivity index is 1.54. The summed E-state index contributed by atoms with van der Waals surface area (Å²) in [7, 11) is 0. The third kappa shape index (κ3) is 5.09. The second kappa shape index (κ2) is 10.7. The second-order valence-electron chi connectivity index (χ2n) is 8.29. The fraction of sp³-hybridized carbons (Fsp3) is 0.360. The molecule has 1 amide bonds. The van der Waals surface area contributed by atoms with Crippen LogP contribution in [0.25, 0.3) is 21.8 Å². The number of fused-ring (bicyclic) bond motifs is 2. The number of anilines is 1. The third-order valence-corrected chi connectivity index (χ3v) is 5.91. The zero-order valence-electron chi connectivity index (χ0n) is 20.0. The standard InChI is InChI=1S/C25H30N6O2S/c1-5-33-20-11-10-17-8-6-7-9-18(17)21(20)24(32)26-12-13-31-23-19(15-28-31)22(27-14-16(2)3)29-25(30-23)34-4/h6-11,15-16H,5,12-14H2,1-4H3,(H,26,32)(H,27,29,30). The summed E-state index contributed by atoms with van der Waals surface area (Å²) < 4.78 is 7.56. The summed E-state index contributed by atoms with van der Waals surface area (Å²) in [4.78, 5) is 22.5. The maximum absolute atomic E-state index is 13.2. The zero-order chi connectivity index (χ0) is 24.1. The van der Waals surface area contributed by atoms with E-state index in [-0.39, 0.29) is 5.91 Å². The monoisotopic (exact) mass is 478 g/mol. The van der Waals surface area contributed by atoms with Gasteiger partial charge < -0.3 is 15.4 Å². The van der Waals surface area contributed by atoms with Gasteiger partial charge in [0, 0.05) is 13.1 Å². The summed E-state index contributed by atoms with van der Waals surface area (Å²) in [6, 6.07) is 11.7. The molecule has 9 heteroatoms. The number of hydrogen-bond acceptors (Lipinski definition) is 7. The Morgan fingerprint density at radius 2 is 1.97 bits per heavy atom. The van der Waals surface area contributed by atoms with Crippen molar-refractivity contribution < 1.29 is 9.53 Å². The highest BCUT2D eigenvalue weighted by Gasteiger charge is 2.17. The fourth-order valence-electron chi connectivity index (χ4n) is 3.75. The Kier molecular flexibility index (Phi) is 7.52. The first-order valence-corrected chi connectivity index (χ1v) is 12.7. The maximum atomic E-state index is 13.2. The van der Waals surface area contributed by atoms with E-state index in [1.54, 1.807) is 6.20 Å². The average Bonchev–Trinajstić information content (AvgIpc) is 3.25. The molecule has 2 aromatic carbocycles. The van der Waals surface area contributed by atoms with Crippen molar-refractivity contribution in [3.05, 3.63) is 48.2 Å². The Hall–Kier alpha value is -3.33. The zero-order valence-corrected chi connectivity index (χ0v) is 20.8. The van der Waals surface area contributed by atoms with Crippen LogP contribution >= 0.6 is 11.8 Å². The lowest BCUT2D eigenvalue weighted by molar-refractivity contribution is 0.0950. The summed E-state index contributed by atoms with van der Waals surface area (Å²) in [5.74, 6) is 1.69. The fourth-order valence-corrected chi connectivity index (χ4v) is 4.11. The van der Waals surface area contributed by atoms with E-state index >= 15 is 0 Å². The molecule has 2 aromatic heterocycles. The van der Waals surface area contributed by atoms with Gasteiger partial charge in [-0.3, -0.25) is 4.79 Å². The van der Waals surface area contributed by atoms with E-state index in [1.807, 2.05) is 54.3 Å². The number of carbonyl (C=O) groups is 1. The van der Waals surface area contributed by atoms with Crippen molar-refractivity contribution in [2.24, 2.45) is 5.92 Å². The lowest BCUT2D eigenvalue weighted by Gasteiger charge is -2.14. The van der Waals surface area contributed by atoms with E-state index < -0.39 is 0 Å². The van der Waals surface area contributed by atoms with Crippen LogP contribution < -0.4 is 15.4 Å². The molecule has 4 rings (SSSR count). The quantitative estimate of drug-likeness (QED) is 0.254. The van der Waals surface area contributed by atoms with E-state index in [9.17, 15) is 4.79 Å². The van der Waals surface area contributed by atoms with Crippen LogP contribution in [0.4, 0.5) is 5.82 Å². The van der Waals surface area contributed by atoms with Crippen LogP contribution in [0.1, 0.15) is 31.1 Å². The van der Waals surface area contributed by atoms with E-state index in [1.165, 1.54) is 11.8 Å². The van der Waals surface area contributed by atoms with Crippen molar-refractivity contribution >= 4 is 45.3 Å². The lowest BCUT2D eigenvalue weighted by Crippen LogP contribution is -2.28. The molecule has 2 N–H and O–H groups in total. The average molecular weight is 479 g/mol. The van der Waals surface area contributed by atoms with Gasteiger partial charge >= 0.3 is 0 Å². The van der Waals surface area contributed by atoms with Gasteiger partial charge in [0.25, 0.3) is 5.91 Å². The molecule has 0 aliphatic carbocycles. The molecule has 0 saturated carbocycles. The van der Waals surface area contributed by atoms with Crippen LogP contribution in [-0.4, -0.2) is 51.6 Å². The molecule has 0 aliphatic rings. The minimum atomic E-state index is -0.171. The molecule has 0 saturated heterocycles. The summed E-state index contributed by atoms with van der Waals surface area (Å²) in [6.07, 6.45) is 3.73. The highest BCUT2D eigenvalue weighted by atomic mass is 32.2. The van der Waals surface area contributed by atoms with Gasteiger partial charge in [-0.25, -0.2) is 14.6 Å². The molecule has 0 radical (unpaired) electrons. The Morgan fingerprint density at radius 3 is 2.74 bits per heavy atom. The van der Waals surface area contributed by atoms with E-state index in [2.05, 4.69) is 39.5 Å². The third-order valence-electron chi connectivity index (χ3n) is 5.36. The second-order valence-corrected chi connectivity index (χ2v) is 9.06. The number of nitrogens with one attached hydrogen (secondary N) is 2. The molecular weight excluding hydrogens is 448 g/mol. The molecule has 0 spiro atoms. The highest BCUT2D eigenvalue weighted by Crippen LogP contribution is 2.28. The molecule has 0 bridgehead atoms. The number of rotatable bonds is 10. The van der Waals surface area contributed by atoms with Crippen LogP contribution in [0, 0.1) is 5.92 Å². The van der Waals surface area contributed by atoms with Gasteiger partial charge in [0.1, 0.15) is 11.6 Å². The number of amides is 1. The largest absolute Gasteiger partial charge is 0.493 e. The van der Waals surface area contributed by atoms with Crippen LogP contribution in [0.5, 0.6) is 5.75 Å². The number of benzene rings is 2. The lowest BCUT2D eigenvalue weighted by atomic mass is 10.0. The predicted octanol–water partition coefficient (Wildman–Crippen LogP) is 4.60. The molecule has 4 aromatic rings. The van der Waals surface area contributed by atoms with Crippen molar-refractivity contribution in [3.8, 4) is 5.75 Å². The Morgan fingerprint density at radius 1 is 1.15 bits per heavy atom. The number of nitrogens with zero attached hydrogens (tertiary/aromatic N) is 4. The molecule has 178 valence electrons. The minimum Gasteiger partial charge on any atom is -0.493 e. The van der Waals surface area contributed by atoms with Crippen LogP contribution in [-0.2, 0) is 6.54 Å². The van der Waals surface area contributed by atoms with Gasteiger partial charge in [0.2, 0.25) is 0 Å². The van der Waals surface area contributed by atoms with Crippen LogP contribution in [0.15, 0.2) is 47.8 Å². The molecule has 0 unspecified atom stereocenters. The van der Waals surface area contributed by atoms with Crippen LogP contribution in [0.3, 0.4) is 0 Å². The van der Waals surface area contributed by atoms with Gasteiger partial charge in [-0.2, -0.15) is 5.10 Å². The normalized spacial score (nSPS) is 11.3. The molecule has 34 heavy (non-hydrogen) atoms. The van der Waals surface area contributed by atoms with Crippen molar-refractivity contribution in [2.45, 2.75) is 32.5 Å². The number of thioether (sulfide) groups is 1. The first-order chi connectivity index (χ1) is 16.5. The first-order valence-electron chi connectivity index (χ1n) is 11.5. The molecule has 0 aliphatic heterocycles. The van der Waals surface area contributed by atoms with Crippen molar-refractivity contribution in [1.29, 1.82) is 0 Å². The summed E-state index contributed by atoms with van der Waals surface area (Å²) >= 11 is 1.49. The predicted molar refractivity (Wildman–Crippen MR) is 138 cm³/mol. The number of ether oxygens (including phenoxy) is 1. The number of aromatic nitrogens is 4. The van der Waals surface area contributed by atoms with Gasteiger partial charge in [-0.05, 0) is 35.9 Å². The van der Waals surface area contributed by atoms with Gasteiger partial charge in [-0.1, -0.05) is 55.9 Å². The van der Waals surface area contributed by atoms with E-state index in [4.69, 9.17) is 4.74 Å². The first kappa shape index (κ1) is 23.8. The van der Waals surface area contributed by atoms with Crippen molar-refractivity contribution in [1.82, 2.24) is 25.1 Å². The van der Waals surface area contributed by atoms with Crippen LogP contribution in [0.2, 0.25) is 0 Å². The van der Waals surface area contributed by atoms with Gasteiger partial charge in [0.05, 0.1) is 30.3 Å². The molecule has 8 nitrogen and oxygen atoms in total. The topological polar surface area (TPSA) is 94.0 Å². The molecule has 2 heterocycles. The Labute approximate surface area is 203 Å². The Bertz CT molecular complexity index is 1300. The van der Waals surface area contributed by atoms with E-state index in [0.29, 0.717) is 42.1 Å². The minimum absolute atomic E-state index is 0.171. The van der Waals surface area contributed by atoms with Gasteiger partial charge in [-0.15, -0.1) is 0 Å². The smallest absolute Gasteiger partial charge is 0.255 e. The van der Waals surface area contributed by atoms with Crippen molar-refractivity contribution in [2.75, 3.05) is 31.3 Å². The molecule has 0 fully saturated rings. The highest BCUT2D eigenvalue weighted by molar-refractivity contribution is 7.98. The molecular formula is C25H30N6O2S. The molecule has 0 atom stereocenters.